The molecule has 1 aliphatic carbocycles. The van der Waals surface area contributed by atoms with E-state index in [1.807, 2.05) is 0 Å². The van der Waals surface area contributed by atoms with Gasteiger partial charge in [0.2, 0.25) is 0 Å². The molecule has 0 aromatic heterocycles. The lowest BCUT2D eigenvalue weighted by atomic mass is 9.80. The number of hydrogen-bond donors (Lipinski definition) is 0. The van der Waals surface area contributed by atoms with Crippen LogP contribution in [0.4, 0.5) is 0 Å². The Morgan fingerprint density at radius 3 is 1.59 bits per heavy atom. The maximum atomic E-state index is 2.49. The van der Waals surface area contributed by atoms with Crippen LogP contribution in [0.1, 0.15) is 25.0 Å². The SMILES string of the molecule is CC1(C)c2ccccc2-c2c1cc(-c1cc(-c3ccc4cc(-c5ccc6ccccc6c5)ccc4c3)c3ccccc3c1)c1ccccc21. The second-order valence-corrected chi connectivity index (χ2v) is 14.1. The monoisotopic (exact) mass is 622 g/mol. The molecule has 0 fully saturated rings. The summed E-state index contributed by atoms with van der Waals surface area (Å²) < 4.78 is 0. The topological polar surface area (TPSA) is 0 Å². The van der Waals surface area contributed by atoms with E-state index in [0.717, 1.165) is 0 Å². The smallest absolute Gasteiger partial charge is 0.0159 e. The molecule has 0 atom stereocenters. The average molecular weight is 623 g/mol. The Hall–Kier alpha value is -5.98. The van der Waals surface area contributed by atoms with Crippen LogP contribution in [-0.4, -0.2) is 0 Å². The highest BCUT2D eigenvalue weighted by atomic mass is 14.4. The van der Waals surface area contributed by atoms with Crippen molar-refractivity contribution in [2.75, 3.05) is 0 Å². The molecular weight excluding hydrogens is 589 g/mol. The molecule has 0 aliphatic heterocycles. The van der Waals surface area contributed by atoms with E-state index in [9.17, 15) is 0 Å². The van der Waals surface area contributed by atoms with Gasteiger partial charge in [-0.2, -0.15) is 0 Å². The second kappa shape index (κ2) is 10.5. The Bertz CT molecular complexity index is 2800. The quantitative estimate of drug-likeness (QED) is 0.184. The van der Waals surface area contributed by atoms with Crippen molar-refractivity contribution in [1.82, 2.24) is 0 Å². The van der Waals surface area contributed by atoms with Crippen LogP contribution < -0.4 is 0 Å². The van der Waals surface area contributed by atoms with Crippen molar-refractivity contribution in [3.8, 4) is 44.5 Å². The summed E-state index contributed by atoms with van der Waals surface area (Å²) in [6.45, 7) is 4.76. The fourth-order valence-corrected chi connectivity index (χ4v) is 8.46. The Morgan fingerprint density at radius 1 is 0.306 bits per heavy atom. The molecule has 49 heavy (non-hydrogen) atoms. The Balaban J connectivity index is 1.14. The second-order valence-electron chi connectivity index (χ2n) is 14.1. The molecule has 0 spiro atoms. The Labute approximate surface area is 286 Å². The number of rotatable bonds is 3. The molecule has 1 aliphatic rings. The van der Waals surface area contributed by atoms with Gasteiger partial charge in [-0.1, -0.05) is 147 Å². The molecule has 0 saturated heterocycles. The van der Waals surface area contributed by atoms with E-state index < -0.39 is 0 Å². The normalized spacial score (nSPS) is 13.3. The highest BCUT2D eigenvalue weighted by molar-refractivity contribution is 6.11. The van der Waals surface area contributed by atoms with Gasteiger partial charge in [-0.3, -0.25) is 0 Å². The molecule has 9 aromatic rings. The van der Waals surface area contributed by atoms with Gasteiger partial charge in [0, 0.05) is 5.41 Å². The molecule has 0 nitrogen and oxygen atoms in total. The van der Waals surface area contributed by atoms with Crippen molar-refractivity contribution < 1.29 is 0 Å². The van der Waals surface area contributed by atoms with Crippen molar-refractivity contribution in [2.45, 2.75) is 19.3 Å². The number of fused-ring (bicyclic) bond motifs is 8. The minimum atomic E-state index is -0.0750. The molecule has 10 rings (SSSR count). The predicted octanol–water partition coefficient (Wildman–Crippen LogP) is 13.6. The molecule has 230 valence electrons. The first-order chi connectivity index (χ1) is 24.0. The molecule has 9 aromatic carbocycles. The lowest BCUT2D eigenvalue weighted by molar-refractivity contribution is 0.661. The minimum Gasteiger partial charge on any atom is -0.0619 e. The van der Waals surface area contributed by atoms with Gasteiger partial charge in [0.1, 0.15) is 0 Å². The molecule has 0 heterocycles. The summed E-state index contributed by atoms with van der Waals surface area (Å²) in [6.07, 6.45) is 0. The zero-order valence-electron chi connectivity index (χ0n) is 27.7. The number of benzene rings is 9. The van der Waals surface area contributed by atoms with Crippen molar-refractivity contribution in [1.29, 1.82) is 0 Å². The van der Waals surface area contributed by atoms with Crippen LogP contribution in [0.15, 0.2) is 170 Å². The molecular formula is C49H34. The van der Waals surface area contributed by atoms with Crippen LogP contribution in [0.2, 0.25) is 0 Å². The van der Waals surface area contributed by atoms with Gasteiger partial charge < -0.3 is 0 Å². The third kappa shape index (κ3) is 4.31. The van der Waals surface area contributed by atoms with Crippen LogP contribution in [-0.2, 0) is 5.41 Å². The minimum absolute atomic E-state index is 0.0750. The van der Waals surface area contributed by atoms with E-state index >= 15 is 0 Å². The standard InChI is InChI=1S/C49H34/c1-49(2)46-18-10-9-17-43(46)48-42-16-8-7-15-41(42)45(30-47(48)49)39-28-37-13-5-6-14-40(37)44(29-39)38-24-23-35-26-34(21-22-36(35)27-38)33-20-19-31-11-3-4-12-32(31)25-33/h3-30H,1-2H3. The van der Waals surface area contributed by atoms with Crippen LogP contribution in [0.3, 0.4) is 0 Å². The van der Waals surface area contributed by atoms with Gasteiger partial charge in [0.15, 0.2) is 0 Å². The first-order valence-corrected chi connectivity index (χ1v) is 17.3. The predicted molar refractivity (Wildman–Crippen MR) is 210 cm³/mol. The molecule has 0 amide bonds. The molecule has 0 bridgehead atoms. The summed E-state index contributed by atoms with van der Waals surface area (Å²) in [6, 6.07) is 63.3. The third-order valence-electron chi connectivity index (χ3n) is 11.0. The van der Waals surface area contributed by atoms with Gasteiger partial charge in [-0.05, 0) is 135 Å². The lowest BCUT2D eigenvalue weighted by Gasteiger charge is -2.23. The molecule has 0 heteroatoms. The summed E-state index contributed by atoms with van der Waals surface area (Å²) in [7, 11) is 0. The van der Waals surface area contributed by atoms with Crippen LogP contribution in [0, 0.1) is 0 Å². The zero-order chi connectivity index (χ0) is 32.7. The van der Waals surface area contributed by atoms with Gasteiger partial charge in [-0.25, -0.2) is 0 Å². The molecule has 0 unspecified atom stereocenters. The molecule has 0 N–H and O–H groups in total. The van der Waals surface area contributed by atoms with Crippen LogP contribution in [0.25, 0.3) is 87.6 Å². The van der Waals surface area contributed by atoms with E-state index in [1.54, 1.807) is 0 Å². The van der Waals surface area contributed by atoms with Crippen molar-refractivity contribution in [2.24, 2.45) is 0 Å². The first-order valence-electron chi connectivity index (χ1n) is 17.3. The van der Waals surface area contributed by atoms with Crippen LogP contribution >= 0.6 is 0 Å². The lowest BCUT2D eigenvalue weighted by Crippen LogP contribution is -2.15. The largest absolute Gasteiger partial charge is 0.0619 e. The summed E-state index contributed by atoms with van der Waals surface area (Å²) in [4.78, 5) is 0. The molecule has 0 saturated carbocycles. The molecule has 0 radical (unpaired) electrons. The van der Waals surface area contributed by atoms with Gasteiger partial charge in [0.25, 0.3) is 0 Å². The van der Waals surface area contributed by atoms with E-state index in [0.29, 0.717) is 0 Å². The van der Waals surface area contributed by atoms with Crippen molar-refractivity contribution in [3.63, 3.8) is 0 Å². The van der Waals surface area contributed by atoms with E-state index in [2.05, 4.69) is 184 Å². The summed E-state index contributed by atoms with van der Waals surface area (Å²) in [5, 5.41) is 10.2. The average Bonchev–Trinajstić information content (AvgIpc) is 3.39. The van der Waals surface area contributed by atoms with E-state index in [-0.39, 0.29) is 5.41 Å². The Morgan fingerprint density at radius 2 is 0.816 bits per heavy atom. The maximum absolute atomic E-state index is 2.49. The third-order valence-corrected chi connectivity index (χ3v) is 11.0. The summed E-state index contributed by atoms with van der Waals surface area (Å²) in [5.74, 6) is 0. The maximum Gasteiger partial charge on any atom is 0.0159 e. The first kappa shape index (κ1) is 28.1. The van der Waals surface area contributed by atoms with Crippen molar-refractivity contribution >= 4 is 43.1 Å². The van der Waals surface area contributed by atoms with Crippen molar-refractivity contribution in [3.05, 3.63) is 181 Å². The van der Waals surface area contributed by atoms with E-state index in [4.69, 9.17) is 0 Å². The Kier molecular flexibility index (Phi) is 6.02. The van der Waals surface area contributed by atoms with E-state index in [1.165, 1.54) is 98.7 Å². The van der Waals surface area contributed by atoms with Gasteiger partial charge in [-0.15, -0.1) is 0 Å². The van der Waals surface area contributed by atoms with Gasteiger partial charge in [0.05, 0.1) is 0 Å². The highest BCUT2D eigenvalue weighted by Crippen LogP contribution is 2.53. The summed E-state index contributed by atoms with van der Waals surface area (Å²) >= 11 is 0. The fourth-order valence-electron chi connectivity index (χ4n) is 8.46. The number of hydrogen-bond acceptors (Lipinski definition) is 0. The van der Waals surface area contributed by atoms with Gasteiger partial charge >= 0.3 is 0 Å². The summed E-state index contributed by atoms with van der Waals surface area (Å²) in [5.41, 5.74) is 13.0. The fraction of sp³-hybridized carbons (Fsp3) is 0.0612. The van der Waals surface area contributed by atoms with Crippen LogP contribution in [0.5, 0.6) is 0 Å². The zero-order valence-corrected chi connectivity index (χ0v) is 27.7. The highest BCUT2D eigenvalue weighted by Gasteiger charge is 2.37.